The summed E-state index contributed by atoms with van der Waals surface area (Å²) in [4.78, 5) is 16.6. The predicted molar refractivity (Wildman–Crippen MR) is 84.3 cm³/mol. The first kappa shape index (κ1) is 15.6. The van der Waals surface area contributed by atoms with E-state index < -0.39 is 5.92 Å². The highest BCUT2D eigenvalue weighted by Crippen LogP contribution is 2.27. The molecular weight excluding hydrogens is 287 g/mol. The highest BCUT2D eigenvalue weighted by molar-refractivity contribution is 7.13. The van der Waals surface area contributed by atoms with Crippen molar-refractivity contribution in [3.05, 3.63) is 46.7 Å². The molecule has 0 aliphatic rings. The van der Waals surface area contributed by atoms with Crippen LogP contribution in [0.25, 0.3) is 0 Å². The van der Waals surface area contributed by atoms with Crippen molar-refractivity contribution in [2.45, 2.75) is 39.0 Å². The molecule has 5 heteroatoms. The number of hydrogen-bond donors (Lipinski definition) is 1. The summed E-state index contributed by atoms with van der Waals surface area (Å²) in [7, 11) is 0. The smallest absolute Gasteiger partial charge is 0.233 e. The Morgan fingerprint density at radius 2 is 2.00 bits per heavy atom. The van der Waals surface area contributed by atoms with E-state index in [1.54, 1.807) is 25.1 Å². The van der Waals surface area contributed by atoms with Crippen molar-refractivity contribution in [1.82, 2.24) is 4.98 Å². The molecule has 2 aromatic rings. The van der Waals surface area contributed by atoms with Crippen LogP contribution in [-0.2, 0) is 10.2 Å². The number of thiazole rings is 1. The lowest BCUT2D eigenvalue weighted by Crippen LogP contribution is -2.20. The Kier molecular flexibility index (Phi) is 4.42. The van der Waals surface area contributed by atoms with E-state index in [0.717, 1.165) is 5.69 Å². The van der Waals surface area contributed by atoms with E-state index in [4.69, 9.17) is 0 Å². The quantitative estimate of drug-likeness (QED) is 0.917. The highest BCUT2D eigenvalue weighted by atomic mass is 32.1. The number of carbonyl (C=O) groups is 1. The molecule has 0 fully saturated rings. The van der Waals surface area contributed by atoms with Crippen LogP contribution in [-0.4, -0.2) is 10.9 Å². The number of hydrogen-bond acceptors (Lipinski definition) is 3. The first-order valence-corrected chi connectivity index (χ1v) is 7.68. The minimum atomic E-state index is -0.562. The molecular formula is C16H19FN2OS. The van der Waals surface area contributed by atoms with Gasteiger partial charge in [-0.15, -0.1) is 11.3 Å². The Labute approximate surface area is 128 Å². The third-order valence-corrected chi connectivity index (χ3v) is 4.03. The topological polar surface area (TPSA) is 42.0 Å². The van der Waals surface area contributed by atoms with Gasteiger partial charge in [-0.2, -0.15) is 0 Å². The first-order chi connectivity index (χ1) is 9.79. The van der Waals surface area contributed by atoms with E-state index in [0.29, 0.717) is 10.7 Å². The average molecular weight is 306 g/mol. The van der Waals surface area contributed by atoms with E-state index in [-0.39, 0.29) is 17.1 Å². The fourth-order valence-electron chi connectivity index (χ4n) is 1.86. The van der Waals surface area contributed by atoms with Crippen LogP contribution in [0.2, 0.25) is 0 Å². The molecule has 1 aromatic heterocycles. The third kappa shape index (κ3) is 3.67. The molecule has 0 aliphatic heterocycles. The third-order valence-electron chi connectivity index (χ3n) is 3.27. The van der Waals surface area contributed by atoms with Gasteiger partial charge in [0.2, 0.25) is 5.91 Å². The molecule has 0 saturated carbocycles. The SMILES string of the molecule is CC(C(=O)Nc1nc(C(C)(C)C)cs1)c1ccccc1F. The van der Waals surface area contributed by atoms with E-state index in [1.165, 1.54) is 17.4 Å². The molecule has 0 spiro atoms. The fraction of sp³-hybridized carbons (Fsp3) is 0.375. The van der Waals surface area contributed by atoms with Gasteiger partial charge in [0.25, 0.3) is 0 Å². The van der Waals surface area contributed by atoms with E-state index in [1.807, 2.05) is 5.38 Å². The molecule has 3 nitrogen and oxygen atoms in total. The number of nitrogens with zero attached hydrogens (tertiary/aromatic N) is 1. The van der Waals surface area contributed by atoms with Crippen molar-refractivity contribution in [2.24, 2.45) is 0 Å². The molecule has 0 radical (unpaired) electrons. The summed E-state index contributed by atoms with van der Waals surface area (Å²) in [6.07, 6.45) is 0. The molecule has 2 rings (SSSR count). The van der Waals surface area contributed by atoms with Gasteiger partial charge in [0.15, 0.2) is 5.13 Å². The van der Waals surface area contributed by atoms with Gasteiger partial charge in [0, 0.05) is 10.8 Å². The van der Waals surface area contributed by atoms with Crippen LogP contribution in [0.1, 0.15) is 44.9 Å². The number of aromatic nitrogens is 1. The summed E-state index contributed by atoms with van der Waals surface area (Å²) >= 11 is 1.38. The maximum absolute atomic E-state index is 13.7. The normalized spacial score (nSPS) is 13.0. The first-order valence-electron chi connectivity index (χ1n) is 6.80. The summed E-state index contributed by atoms with van der Waals surface area (Å²) in [6.45, 7) is 7.88. The summed E-state index contributed by atoms with van der Waals surface area (Å²) in [5.74, 6) is -1.18. The Balaban J connectivity index is 2.11. The largest absolute Gasteiger partial charge is 0.301 e. The predicted octanol–water partition coefficient (Wildman–Crippen LogP) is 4.32. The van der Waals surface area contributed by atoms with Gasteiger partial charge in [-0.1, -0.05) is 39.0 Å². The minimum Gasteiger partial charge on any atom is -0.301 e. The number of carbonyl (C=O) groups excluding carboxylic acids is 1. The van der Waals surface area contributed by atoms with Crippen molar-refractivity contribution in [1.29, 1.82) is 0 Å². The molecule has 112 valence electrons. The van der Waals surface area contributed by atoms with Gasteiger partial charge in [-0.25, -0.2) is 9.37 Å². The molecule has 0 saturated heterocycles. The Morgan fingerprint density at radius 3 is 2.57 bits per heavy atom. The summed E-state index contributed by atoms with van der Waals surface area (Å²) in [5, 5.41) is 5.24. The monoisotopic (exact) mass is 306 g/mol. The zero-order valence-electron chi connectivity index (χ0n) is 12.6. The number of rotatable bonds is 3. The second kappa shape index (κ2) is 5.93. The lowest BCUT2D eigenvalue weighted by atomic mass is 9.93. The standard InChI is InChI=1S/C16H19FN2OS/c1-10(11-7-5-6-8-12(11)17)14(20)19-15-18-13(9-21-15)16(2,3)4/h5-10H,1-4H3,(H,18,19,20). The number of halogens is 1. The van der Waals surface area contributed by atoms with Crippen LogP contribution in [0.5, 0.6) is 0 Å². The van der Waals surface area contributed by atoms with Gasteiger partial charge in [-0.05, 0) is 18.6 Å². The van der Waals surface area contributed by atoms with Crippen molar-refractivity contribution in [3.63, 3.8) is 0 Å². The molecule has 1 atom stereocenters. The zero-order valence-corrected chi connectivity index (χ0v) is 13.4. The van der Waals surface area contributed by atoms with Gasteiger partial charge in [0.05, 0.1) is 11.6 Å². The molecule has 1 aromatic carbocycles. The minimum absolute atomic E-state index is 0.0589. The van der Waals surface area contributed by atoms with Crippen molar-refractivity contribution in [2.75, 3.05) is 5.32 Å². The van der Waals surface area contributed by atoms with Crippen LogP contribution >= 0.6 is 11.3 Å². The van der Waals surface area contributed by atoms with Crippen LogP contribution in [0.4, 0.5) is 9.52 Å². The molecule has 0 aliphatic carbocycles. The number of benzene rings is 1. The number of amides is 1. The number of nitrogens with one attached hydrogen (secondary N) is 1. The lowest BCUT2D eigenvalue weighted by molar-refractivity contribution is -0.117. The van der Waals surface area contributed by atoms with Crippen LogP contribution < -0.4 is 5.32 Å². The van der Waals surface area contributed by atoms with Crippen LogP contribution in [0.15, 0.2) is 29.6 Å². The van der Waals surface area contributed by atoms with Gasteiger partial charge in [-0.3, -0.25) is 4.79 Å². The fourth-order valence-corrected chi connectivity index (χ4v) is 2.80. The molecule has 1 N–H and O–H groups in total. The zero-order chi connectivity index (χ0) is 15.6. The maximum Gasteiger partial charge on any atom is 0.233 e. The van der Waals surface area contributed by atoms with Crippen molar-refractivity contribution >= 4 is 22.4 Å². The van der Waals surface area contributed by atoms with Crippen molar-refractivity contribution < 1.29 is 9.18 Å². The second-order valence-electron chi connectivity index (χ2n) is 6.02. The van der Waals surface area contributed by atoms with Crippen LogP contribution in [0, 0.1) is 5.82 Å². The second-order valence-corrected chi connectivity index (χ2v) is 6.88. The van der Waals surface area contributed by atoms with Gasteiger partial charge in [0.1, 0.15) is 5.82 Å². The van der Waals surface area contributed by atoms with Crippen molar-refractivity contribution in [3.8, 4) is 0 Å². The summed E-state index contributed by atoms with van der Waals surface area (Å²) in [5.41, 5.74) is 1.26. The Bertz CT molecular complexity index is 646. The molecule has 1 amide bonds. The van der Waals surface area contributed by atoms with E-state index in [2.05, 4.69) is 31.1 Å². The van der Waals surface area contributed by atoms with E-state index >= 15 is 0 Å². The van der Waals surface area contributed by atoms with Crippen LogP contribution in [0.3, 0.4) is 0 Å². The Hall–Kier alpha value is -1.75. The highest BCUT2D eigenvalue weighted by Gasteiger charge is 2.21. The van der Waals surface area contributed by atoms with Gasteiger partial charge >= 0.3 is 0 Å². The summed E-state index contributed by atoms with van der Waals surface area (Å²) < 4.78 is 13.7. The molecule has 1 heterocycles. The maximum atomic E-state index is 13.7. The molecule has 0 bridgehead atoms. The van der Waals surface area contributed by atoms with E-state index in [9.17, 15) is 9.18 Å². The molecule has 1 unspecified atom stereocenters. The average Bonchev–Trinajstić information content (AvgIpc) is 2.87. The Morgan fingerprint density at radius 1 is 1.33 bits per heavy atom. The lowest BCUT2D eigenvalue weighted by Gasteiger charge is -2.14. The van der Waals surface area contributed by atoms with Gasteiger partial charge < -0.3 is 5.32 Å². The summed E-state index contributed by atoms with van der Waals surface area (Å²) in [6, 6.07) is 6.32. The number of anilines is 1. The molecule has 21 heavy (non-hydrogen) atoms.